The van der Waals surface area contributed by atoms with Gasteiger partial charge in [-0.1, -0.05) is 0 Å². The maximum Gasteiger partial charge on any atom is 0.237 e. The van der Waals surface area contributed by atoms with Crippen LogP contribution < -0.4 is 5.32 Å². The van der Waals surface area contributed by atoms with Gasteiger partial charge in [0.15, 0.2) is 0 Å². The highest BCUT2D eigenvalue weighted by Crippen LogP contribution is 2.12. The van der Waals surface area contributed by atoms with Crippen molar-refractivity contribution in [3.8, 4) is 0 Å². The smallest absolute Gasteiger partial charge is 0.237 e. The summed E-state index contributed by atoms with van der Waals surface area (Å²) in [5, 5.41) is 11.7. The molecular weight excluding hydrogens is 168 g/mol. The molecule has 0 radical (unpaired) electrons. The monoisotopic (exact) mass is 186 g/mol. The normalized spacial score (nSPS) is 31.2. The van der Waals surface area contributed by atoms with Crippen LogP contribution in [0.25, 0.3) is 0 Å². The highest BCUT2D eigenvalue weighted by Gasteiger charge is 2.28. The maximum absolute atomic E-state index is 11.5. The molecule has 2 N–H and O–H groups in total. The summed E-state index contributed by atoms with van der Waals surface area (Å²) in [6.45, 7) is 2.91. The van der Waals surface area contributed by atoms with Crippen LogP contribution in [0.15, 0.2) is 0 Å². The Hall–Kier alpha value is -0.610. The molecule has 1 rings (SSSR count). The van der Waals surface area contributed by atoms with E-state index in [-0.39, 0.29) is 18.6 Å². The fourth-order valence-corrected chi connectivity index (χ4v) is 1.67. The zero-order chi connectivity index (χ0) is 9.84. The van der Waals surface area contributed by atoms with Crippen molar-refractivity contribution >= 4 is 5.91 Å². The Bertz CT molecular complexity index is 184. The van der Waals surface area contributed by atoms with Gasteiger partial charge >= 0.3 is 0 Å². The van der Waals surface area contributed by atoms with Gasteiger partial charge in [0.05, 0.1) is 6.04 Å². The van der Waals surface area contributed by atoms with Crippen LogP contribution in [0, 0.1) is 0 Å². The number of nitrogens with one attached hydrogen (secondary N) is 1. The summed E-state index contributed by atoms with van der Waals surface area (Å²) in [4.78, 5) is 13.5. The van der Waals surface area contributed by atoms with Gasteiger partial charge in [0.1, 0.15) is 0 Å². The summed E-state index contributed by atoms with van der Waals surface area (Å²) in [7, 11) is 1.94. The topological polar surface area (TPSA) is 52.6 Å². The number of carbonyl (C=O) groups excluding carboxylic acids is 1. The van der Waals surface area contributed by atoms with Crippen LogP contribution >= 0.6 is 0 Å². The molecule has 0 aromatic rings. The average molecular weight is 186 g/mol. The van der Waals surface area contributed by atoms with Gasteiger partial charge in [-0.3, -0.25) is 9.69 Å². The quantitative estimate of drug-likeness (QED) is 0.615. The van der Waals surface area contributed by atoms with E-state index in [0.29, 0.717) is 12.5 Å². The summed E-state index contributed by atoms with van der Waals surface area (Å²) in [6, 6.07) is 0.234. The number of aliphatic hydroxyl groups excluding tert-OH is 1. The van der Waals surface area contributed by atoms with Crippen LogP contribution in [-0.2, 0) is 4.79 Å². The molecular formula is C9H18N2O2. The van der Waals surface area contributed by atoms with Gasteiger partial charge in [-0.05, 0) is 26.8 Å². The summed E-state index contributed by atoms with van der Waals surface area (Å²) in [5.41, 5.74) is 0. The van der Waals surface area contributed by atoms with Crippen LogP contribution in [-0.4, -0.2) is 48.2 Å². The van der Waals surface area contributed by atoms with Gasteiger partial charge in [0.25, 0.3) is 0 Å². The van der Waals surface area contributed by atoms with Crippen LogP contribution in [0.3, 0.4) is 0 Å². The molecule has 1 heterocycles. The number of nitrogens with zero attached hydrogens (tertiary/aromatic N) is 1. The molecule has 76 valence electrons. The molecule has 0 bridgehead atoms. The van der Waals surface area contributed by atoms with Crippen LogP contribution in [0.4, 0.5) is 0 Å². The second-order valence-corrected chi connectivity index (χ2v) is 3.62. The number of carbonyl (C=O) groups is 1. The third-order valence-corrected chi connectivity index (χ3v) is 2.75. The Morgan fingerprint density at radius 3 is 3.00 bits per heavy atom. The van der Waals surface area contributed by atoms with Gasteiger partial charge in [-0.25, -0.2) is 0 Å². The number of hydrogen-bond acceptors (Lipinski definition) is 3. The first-order valence-corrected chi connectivity index (χ1v) is 4.77. The highest BCUT2D eigenvalue weighted by molar-refractivity contribution is 5.81. The highest BCUT2D eigenvalue weighted by atomic mass is 16.3. The summed E-state index contributed by atoms with van der Waals surface area (Å²) in [6.07, 6.45) is 1.50. The Morgan fingerprint density at radius 2 is 2.38 bits per heavy atom. The summed E-state index contributed by atoms with van der Waals surface area (Å²) < 4.78 is 0. The minimum atomic E-state index is -0.164. The van der Waals surface area contributed by atoms with Gasteiger partial charge in [0.2, 0.25) is 5.91 Å². The molecule has 1 aliphatic heterocycles. The lowest BCUT2D eigenvalue weighted by Gasteiger charge is -2.28. The van der Waals surface area contributed by atoms with Crippen molar-refractivity contribution in [1.82, 2.24) is 10.2 Å². The van der Waals surface area contributed by atoms with Gasteiger partial charge in [-0.15, -0.1) is 0 Å². The van der Waals surface area contributed by atoms with Crippen molar-refractivity contribution in [2.24, 2.45) is 0 Å². The predicted molar refractivity (Wildman–Crippen MR) is 50.3 cm³/mol. The van der Waals surface area contributed by atoms with E-state index >= 15 is 0 Å². The first-order valence-electron chi connectivity index (χ1n) is 4.77. The molecule has 0 aromatic carbocycles. The second kappa shape index (κ2) is 4.58. The minimum Gasteiger partial charge on any atom is -0.396 e. The molecule has 4 nitrogen and oxygen atoms in total. The zero-order valence-electron chi connectivity index (χ0n) is 8.29. The van der Waals surface area contributed by atoms with Crippen LogP contribution in [0.5, 0.6) is 0 Å². The van der Waals surface area contributed by atoms with E-state index in [9.17, 15) is 4.79 Å². The van der Waals surface area contributed by atoms with Crippen molar-refractivity contribution in [2.45, 2.75) is 31.8 Å². The molecule has 1 saturated heterocycles. The third kappa shape index (κ3) is 2.42. The Morgan fingerprint density at radius 1 is 1.69 bits per heavy atom. The SMILES string of the molecule is CC1CCNC(=O)C(CCO)N1C. The minimum absolute atomic E-state index is 0.0425. The summed E-state index contributed by atoms with van der Waals surface area (Å²) in [5.74, 6) is 0.0425. The molecule has 2 atom stereocenters. The zero-order valence-corrected chi connectivity index (χ0v) is 8.29. The van der Waals surface area contributed by atoms with Crippen molar-refractivity contribution in [2.75, 3.05) is 20.2 Å². The van der Waals surface area contributed by atoms with E-state index in [1.165, 1.54) is 0 Å². The molecule has 2 unspecified atom stereocenters. The lowest BCUT2D eigenvalue weighted by molar-refractivity contribution is -0.126. The fourth-order valence-electron chi connectivity index (χ4n) is 1.67. The van der Waals surface area contributed by atoms with E-state index < -0.39 is 0 Å². The lowest BCUT2D eigenvalue weighted by atomic mass is 10.1. The number of likely N-dealkylation sites (N-methyl/N-ethyl adjacent to an activating group) is 1. The average Bonchev–Trinajstić information content (AvgIpc) is 2.21. The van der Waals surface area contributed by atoms with Gasteiger partial charge in [0, 0.05) is 19.2 Å². The van der Waals surface area contributed by atoms with Gasteiger partial charge in [-0.2, -0.15) is 0 Å². The number of rotatable bonds is 2. The first kappa shape index (κ1) is 10.5. The van der Waals surface area contributed by atoms with Crippen molar-refractivity contribution in [1.29, 1.82) is 0 Å². The summed E-state index contributed by atoms with van der Waals surface area (Å²) >= 11 is 0. The number of hydrogen-bond donors (Lipinski definition) is 2. The third-order valence-electron chi connectivity index (χ3n) is 2.75. The largest absolute Gasteiger partial charge is 0.396 e. The fraction of sp³-hybridized carbons (Fsp3) is 0.889. The van der Waals surface area contributed by atoms with Crippen LogP contribution in [0.1, 0.15) is 19.8 Å². The Kier molecular flexibility index (Phi) is 3.69. The van der Waals surface area contributed by atoms with E-state index in [1.807, 2.05) is 11.9 Å². The van der Waals surface area contributed by atoms with E-state index in [1.54, 1.807) is 0 Å². The molecule has 4 heteroatoms. The second-order valence-electron chi connectivity index (χ2n) is 3.62. The van der Waals surface area contributed by atoms with E-state index in [4.69, 9.17) is 5.11 Å². The first-order chi connectivity index (χ1) is 6.16. The standard InChI is InChI=1S/C9H18N2O2/c1-7-3-5-10-9(13)8(4-6-12)11(7)2/h7-8,12H,3-6H2,1-2H3,(H,10,13). The van der Waals surface area contributed by atoms with Crippen molar-refractivity contribution < 1.29 is 9.90 Å². The predicted octanol–water partition coefficient (Wildman–Crippen LogP) is -0.422. The van der Waals surface area contributed by atoms with E-state index in [2.05, 4.69) is 12.2 Å². The Labute approximate surface area is 78.9 Å². The number of aliphatic hydroxyl groups is 1. The molecule has 0 spiro atoms. The maximum atomic E-state index is 11.5. The van der Waals surface area contributed by atoms with Gasteiger partial charge < -0.3 is 10.4 Å². The molecule has 0 aliphatic carbocycles. The van der Waals surface area contributed by atoms with Crippen molar-refractivity contribution in [3.05, 3.63) is 0 Å². The van der Waals surface area contributed by atoms with E-state index in [0.717, 1.165) is 13.0 Å². The molecule has 1 aliphatic rings. The van der Waals surface area contributed by atoms with Crippen LogP contribution in [0.2, 0.25) is 0 Å². The lowest BCUT2D eigenvalue weighted by Crippen LogP contribution is -2.45. The number of amides is 1. The molecule has 0 aromatic heterocycles. The molecule has 1 amide bonds. The Balaban J connectivity index is 2.66. The molecule has 1 fully saturated rings. The molecule has 0 saturated carbocycles. The van der Waals surface area contributed by atoms with Crippen molar-refractivity contribution in [3.63, 3.8) is 0 Å². The molecule has 13 heavy (non-hydrogen) atoms.